The lowest BCUT2D eigenvalue weighted by atomic mass is 10.1. The summed E-state index contributed by atoms with van der Waals surface area (Å²) in [5.41, 5.74) is 0. The molecule has 0 amide bonds. The van der Waals surface area contributed by atoms with E-state index in [9.17, 15) is 8.42 Å². The summed E-state index contributed by atoms with van der Waals surface area (Å²) in [6.07, 6.45) is 1.98. The molecule has 1 rings (SSSR count). The van der Waals surface area contributed by atoms with Gasteiger partial charge in [-0.05, 0) is 26.3 Å². The first-order chi connectivity index (χ1) is 7.58. The number of hydrogen-bond acceptors (Lipinski definition) is 4. The molecule has 0 aromatic heterocycles. The van der Waals surface area contributed by atoms with E-state index in [1.165, 1.54) is 4.31 Å². The van der Waals surface area contributed by atoms with Crippen molar-refractivity contribution in [1.82, 2.24) is 9.62 Å². The molecule has 0 bridgehead atoms. The van der Waals surface area contributed by atoms with Gasteiger partial charge in [-0.15, -0.1) is 0 Å². The van der Waals surface area contributed by atoms with Gasteiger partial charge < -0.3 is 10.1 Å². The molecule has 1 unspecified atom stereocenters. The number of hydrogen-bond donors (Lipinski definition) is 1. The van der Waals surface area contributed by atoms with E-state index in [1.807, 2.05) is 6.92 Å². The van der Waals surface area contributed by atoms with Crippen LogP contribution in [0.5, 0.6) is 0 Å². The molecule has 96 valence electrons. The van der Waals surface area contributed by atoms with Crippen LogP contribution in [0, 0.1) is 0 Å². The van der Waals surface area contributed by atoms with Gasteiger partial charge in [-0.2, -0.15) is 0 Å². The van der Waals surface area contributed by atoms with E-state index < -0.39 is 10.0 Å². The minimum absolute atomic E-state index is 0.0772. The summed E-state index contributed by atoms with van der Waals surface area (Å²) in [5.74, 6) is 0.0772. The van der Waals surface area contributed by atoms with Gasteiger partial charge in [0.15, 0.2) is 0 Å². The van der Waals surface area contributed by atoms with Crippen LogP contribution >= 0.6 is 0 Å². The summed E-state index contributed by atoms with van der Waals surface area (Å²) in [6.45, 7) is 4.45. The largest absolute Gasteiger partial charge is 0.381 e. The van der Waals surface area contributed by atoms with Gasteiger partial charge in [0.05, 0.1) is 12.4 Å². The summed E-state index contributed by atoms with van der Waals surface area (Å²) < 4.78 is 30.4. The molecular weight excluding hydrogens is 228 g/mol. The number of sulfonamides is 1. The van der Waals surface area contributed by atoms with Crippen LogP contribution in [0.3, 0.4) is 0 Å². The first kappa shape index (κ1) is 13.9. The highest BCUT2D eigenvalue weighted by atomic mass is 32.2. The molecule has 5 nitrogen and oxygen atoms in total. The maximum absolute atomic E-state index is 11.9. The second-order valence-corrected chi connectivity index (χ2v) is 6.18. The number of ether oxygens (including phenoxy) is 1. The van der Waals surface area contributed by atoms with Crippen molar-refractivity contribution >= 4 is 10.0 Å². The molecule has 0 aromatic carbocycles. The smallest absolute Gasteiger partial charge is 0.216 e. The summed E-state index contributed by atoms with van der Waals surface area (Å²) in [5, 5.41) is 3.22. The van der Waals surface area contributed by atoms with Gasteiger partial charge in [-0.3, -0.25) is 0 Å². The molecule has 1 N–H and O–H groups in total. The fraction of sp³-hybridized carbons (Fsp3) is 1.00. The average Bonchev–Trinajstić information content (AvgIpc) is 2.29. The summed E-state index contributed by atoms with van der Waals surface area (Å²) >= 11 is 0. The van der Waals surface area contributed by atoms with Gasteiger partial charge in [0, 0.05) is 26.2 Å². The zero-order valence-corrected chi connectivity index (χ0v) is 10.9. The lowest BCUT2D eigenvalue weighted by Crippen LogP contribution is -2.47. The van der Waals surface area contributed by atoms with Gasteiger partial charge in [-0.1, -0.05) is 0 Å². The second kappa shape index (κ2) is 6.54. The van der Waals surface area contributed by atoms with Gasteiger partial charge in [0.25, 0.3) is 0 Å². The Morgan fingerprint density at radius 2 is 2.25 bits per heavy atom. The van der Waals surface area contributed by atoms with Crippen LogP contribution in [0.2, 0.25) is 0 Å². The van der Waals surface area contributed by atoms with Crippen molar-refractivity contribution in [2.45, 2.75) is 25.8 Å². The Kier molecular flexibility index (Phi) is 5.68. The predicted octanol–water partition coefficient (Wildman–Crippen LogP) is 0.0365. The molecule has 16 heavy (non-hydrogen) atoms. The number of piperidine rings is 1. The van der Waals surface area contributed by atoms with Crippen LogP contribution in [0.15, 0.2) is 0 Å². The molecule has 1 atom stereocenters. The lowest BCUT2D eigenvalue weighted by Gasteiger charge is -2.30. The molecule has 1 aliphatic heterocycles. The first-order valence-corrected chi connectivity index (χ1v) is 7.43. The van der Waals surface area contributed by atoms with Crippen molar-refractivity contribution in [2.75, 3.05) is 39.1 Å². The summed E-state index contributed by atoms with van der Waals surface area (Å²) in [4.78, 5) is 0. The maximum atomic E-state index is 11.9. The van der Waals surface area contributed by atoms with Gasteiger partial charge in [-0.25, -0.2) is 12.7 Å². The molecule has 1 heterocycles. The highest BCUT2D eigenvalue weighted by Crippen LogP contribution is 2.12. The molecule has 0 saturated carbocycles. The van der Waals surface area contributed by atoms with Crippen LogP contribution in [0.1, 0.15) is 19.8 Å². The third-order valence-electron chi connectivity index (χ3n) is 2.91. The molecule has 1 fully saturated rings. The zero-order chi connectivity index (χ0) is 12.0. The minimum atomic E-state index is -3.16. The van der Waals surface area contributed by atoms with Crippen LogP contribution in [-0.4, -0.2) is 57.9 Å². The predicted molar refractivity (Wildman–Crippen MR) is 63.9 cm³/mol. The summed E-state index contributed by atoms with van der Waals surface area (Å²) in [6, 6.07) is 0.0976. The van der Waals surface area contributed by atoms with E-state index in [0.717, 1.165) is 25.9 Å². The van der Waals surface area contributed by atoms with Crippen LogP contribution in [0.25, 0.3) is 0 Å². The molecule has 0 spiro atoms. The van der Waals surface area contributed by atoms with E-state index in [0.29, 0.717) is 6.61 Å². The molecule has 1 saturated heterocycles. The number of nitrogens with zero attached hydrogens (tertiary/aromatic N) is 1. The quantitative estimate of drug-likeness (QED) is 0.676. The normalized spacial score (nSPS) is 22.6. The van der Waals surface area contributed by atoms with E-state index in [2.05, 4.69) is 5.32 Å². The van der Waals surface area contributed by atoms with Gasteiger partial charge in [0.2, 0.25) is 10.0 Å². The molecule has 6 heteroatoms. The Labute approximate surface area is 98.2 Å². The van der Waals surface area contributed by atoms with Gasteiger partial charge >= 0.3 is 0 Å². The Bertz CT molecular complexity index is 286. The SMILES string of the molecule is CCOCCS(=O)(=O)N(C)C1CCCNC1. The van der Waals surface area contributed by atoms with Crippen LogP contribution < -0.4 is 5.32 Å². The van der Waals surface area contributed by atoms with Crippen LogP contribution in [-0.2, 0) is 14.8 Å². The third kappa shape index (κ3) is 4.01. The zero-order valence-electron chi connectivity index (χ0n) is 10.1. The fourth-order valence-electron chi connectivity index (χ4n) is 1.82. The number of rotatable bonds is 6. The van der Waals surface area contributed by atoms with Crippen molar-refractivity contribution in [3.05, 3.63) is 0 Å². The van der Waals surface area contributed by atoms with Gasteiger partial charge in [0.1, 0.15) is 0 Å². The Morgan fingerprint density at radius 1 is 1.50 bits per heavy atom. The number of likely N-dealkylation sites (N-methyl/N-ethyl adjacent to an activating group) is 1. The third-order valence-corrected chi connectivity index (χ3v) is 4.77. The molecule has 0 radical (unpaired) electrons. The standard InChI is InChI=1S/C10H22N2O3S/c1-3-15-7-8-16(13,14)12(2)10-5-4-6-11-9-10/h10-11H,3-9H2,1-2H3. The highest BCUT2D eigenvalue weighted by molar-refractivity contribution is 7.89. The van der Waals surface area contributed by atoms with E-state index >= 15 is 0 Å². The fourth-order valence-corrected chi connectivity index (χ4v) is 3.07. The Balaban J connectivity index is 2.46. The molecule has 0 aromatic rings. The van der Waals surface area contributed by atoms with Crippen molar-refractivity contribution in [3.63, 3.8) is 0 Å². The first-order valence-electron chi connectivity index (χ1n) is 5.82. The summed E-state index contributed by atoms with van der Waals surface area (Å²) in [7, 11) is -1.50. The average molecular weight is 250 g/mol. The lowest BCUT2D eigenvalue weighted by molar-refractivity contribution is 0.162. The highest BCUT2D eigenvalue weighted by Gasteiger charge is 2.26. The monoisotopic (exact) mass is 250 g/mol. The minimum Gasteiger partial charge on any atom is -0.381 e. The molecule has 1 aliphatic rings. The van der Waals surface area contributed by atoms with Crippen molar-refractivity contribution in [3.8, 4) is 0 Å². The van der Waals surface area contributed by atoms with E-state index in [1.54, 1.807) is 7.05 Å². The topological polar surface area (TPSA) is 58.6 Å². The molecule has 0 aliphatic carbocycles. The second-order valence-electron chi connectivity index (χ2n) is 4.03. The van der Waals surface area contributed by atoms with Crippen molar-refractivity contribution in [2.24, 2.45) is 0 Å². The Hall–Kier alpha value is -0.170. The maximum Gasteiger partial charge on any atom is 0.216 e. The molecular formula is C10H22N2O3S. The Morgan fingerprint density at radius 3 is 2.81 bits per heavy atom. The number of nitrogens with one attached hydrogen (secondary N) is 1. The van der Waals surface area contributed by atoms with E-state index in [4.69, 9.17) is 4.74 Å². The van der Waals surface area contributed by atoms with Crippen LogP contribution in [0.4, 0.5) is 0 Å². The van der Waals surface area contributed by atoms with Crippen molar-refractivity contribution in [1.29, 1.82) is 0 Å². The van der Waals surface area contributed by atoms with Crippen molar-refractivity contribution < 1.29 is 13.2 Å². The van der Waals surface area contributed by atoms with E-state index in [-0.39, 0.29) is 18.4 Å².